The van der Waals surface area contributed by atoms with Gasteiger partial charge in [0, 0.05) is 11.9 Å². The lowest BCUT2D eigenvalue weighted by molar-refractivity contribution is -0.145. The van der Waals surface area contributed by atoms with Gasteiger partial charge >= 0.3 is 5.97 Å². The maximum absolute atomic E-state index is 12.6. The molecule has 0 radical (unpaired) electrons. The maximum Gasteiger partial charge on any atom is 0.333 e. The number of para-hydroxylation sites is 1. The molecule has 0 aliphatic rings. The van der Waals surface area contributed by atoms with Crippen LogP contribution in [0.15, 0.2) is 72.4 Å². The molecule has 4 aromatic rings. The Morgan fingerprint density at radius 1 is 1.16 bits per heavy atom. The number of aromatic nitrogens is 4. The number of carbonyl (C=O) groups excluding carboxylic acids is 2. The lowest BCUT2D eigenvalue weighted by atomic mass is 10.1. The number of nitrogens with zero attached hydrogens (tertiary/aromatic N) is 4. The smallest absolute Gasteiger partial charge is 0.333 e. The fourth-order valence-corrected chi connectivity index (χ4v) is 4.03. The third kappa shape index (κ3) is 4.33. The highest BCUT2D eigenvalue weighted by atomic mass is 32.2. The molecule has 0 aliphatic carbocycles. The van der Waals surface area contributed by atoms with E-state index in [0.717, 1.165) is 22.7 Å². The van der Waals surface area contributed by atoms with Gasteiger partial charge in [0.1, 0.15) is 5.52 Å². The molecule has 2 heterocycles. The van der Waals surface area contributed by atoms with Gasteiger partial charge in [-0.15, -0.1) is 16.8 Å². The first kappa shape index (κ1) is 21.5. The molecule has 2 aromatic heterocycles. The summed E-state index contributed by atoms with van der Waals surface area (Å²) < 4.78 is 6.85. The van der Waals surface area contributed by atoms with E-state index in [2.05, 4.69) is 27.1 Å². The topological polar surface area (TPSA) is 99.0 Å². The molecule has 0 fully saturated rings. The van der Waals surface area contributed by atoms with Gasteiger partial charge in [-0.25, -0.2) is 9.78 Å². The summed E-state index contributed by atoms with van der Waals surface area (Å²) in [5.74, 6) is -0.859. The number of thioether (sulfide) groups is 1. The largest absolute Gasteiger partial charge is 0.467 e. The minimum Gasteiger partial charge on any atom is -0.467 e. The number of allylic oxidation sites excluding steroid dienone is 1. The molecule has 0 spiro atoms. The van der Waals surface area contributed by atoms with Gasteiger partial charge in [-0.05, 0) is 11.6 Å². The molecule has 0 unspecified atom stereocenters. The number of hydrogen-bond donors (Lipinski definition) is 1. The zero-order valence-corrected chi connectivity index (χ0v) is 18.2. The summed E-state index contributed by atoms with van der Waals surface area (Å²) in [5.41, 5.74) is 3.02. The van der Waals surface area contributed by atoms with Crippen molar-refractivity contribution < 1.29 is 14.3 Å². The first-order valence-electron chi connectivity index (χ1n) is 9.90. The van der Waals surface area contributed by atoms with Crippen molar-refractivity contribution in [1.29, 1.82) is 0 Å². The van der Waals surface area contributed by atoms with E-state index in [-0.39, 0.29) is 11.7 Å². The summed E-state index contributed by atoms with van der Waals surface area (Å²) in [7, 11) is 1.29. The number of ether oxygens (including phenoxy) is 1. The molecule has 4 rings (SSSR count). The van der Waals surface area contributed by atoms with Crippen LogP contribution in [0.25, 0.3) is 22.1 Å². The Bertz CT molecular complexity index is 1290. The fraction of sp³-hybridized carbons (Fsp3) is 0.174. The normalized spacial score (nSPS) is 11.9. The third-order valence-corrected chi connectivity index (χ3v) is 5.71. The molecule has 162 valence electrons. The Hall–Kier alpha value is -3.72. The second-order valence-corrected chi connectivity index (χ2v) is 7.85. The van der Waals surface area contributed by atoms with Crippen LogP contribution in [-0.2, 0) is 20.9 Å². The van der Waals surface area contributed by atoms with Gasteiger partial charge in [-0.2, -0.15) is 0 Å². The maximum atomic E-state index is 12.6. The molecule has 0 aliphatic heterocycles. The number of nitrogens with one attached hydrogen (secondary N) is 1. The Balaban J connectivity index is 1.53. The van der Waals surface area contributed by atoms with Crippen LogP contribution >= 0.6 is 11.8 Å². The summed E-state index contributed by atoms with van der Waals surface area (Å²) >= 11 is 1.15. The molecule has 1 N–H and O–H groups in total. The molecule has 8 nitrogen and oxygen atoms in total. The molecule has 1 atom stereocenters. The van der Waals surface area contributed by atoms with Crippen LogP contribution in [0.2, 0.25) is 0 Å². The molecular formula is C23H21N5O3S. The van der Waals surface area contributed by atoms with Crippen molar-refractivity contribution in [2.24, 2.45) is 0 Å². The second-order valence-electron chi connectivity index (χ2n) is 6.91. The minimum atomic E-state index is -0.883. The average Bonchev–Trinajstić information content (AvgIpc) is 3.14. The van der Waals surface area contributed by atoms with Crippen LogP contribution in [0, 0.1) is 0 Å². The predicted octanol–water partition coefficient (Wildman–Crippen LogP) is 3.29. The van der Waals surface area contributed by atoms with Crippen molar-refractivity contribution in [3.63, 3.8) is 0 Å². The van der Waals surface area contributed by atoms with Crippen molar-refractivity contribution in [2.75, 3.05) is 12.9 Å². The Morgan fingerprint density at radius 2 is 1.91 bits per heavy atom. The standard InChI is InChI=1S/C23H21N5O3S/c1-3-13-28-17-12-8-7-11-16(17)20-21(28)25-23(27-26-20)32-14-18(29)24-19(22(30)31-2)15-9-5-4-6-10-15/h3-12,19H,1,13-14H2,2H3,(H,24,29)/t19-/m0/s1. The number of rotatable bonds is 8. The quantitative estimate of drug-likeness (QED) is 0.251. The molecule has 2 aromatic carbocycles. The first-order valence-corrected chi connectivity index (χ1v) is 10.9. The molecule has 9 heteroatoms. The van der Waals surface area contributed by atoms with Crippen molar-refractivity contribution in [3.05, 3.63) is 72.8 Å². The fourth-order valence-electron chi connectivity index (χ4n) is 3.44. The van der Waals surface area contributed by atoms with E-state index in [9.17, 15) is 9.59 Å². The lowest BCUT2D eigenvalue weighted by Crippen LogP contribution is -2.35. The second kappa shape index (κ2) is 9.61. The van der Waals surface area contributed by atoms with Crippen LogP contribution in [0.3, 0.4) is 0 Å². The minimum absolute atomic E-state index is 0.0230. The number of methoxy groups -OCH3 is 1. The van der Waals surface area contributed by atoms with Gasteiger partial charge in [0.05, 0.1) is 18.4 Å². The molecule has 0 saturated carbocycles. The summed E-state index contributed by atoms with van der Waals surface area (Å²) in [6, 6.07) is 15.9. The first-order chi connectivity index (χ1) is 15.6. The van der Waals surface area contributed by atoms with E-state index >= 15 is 0 Å². The van der Waals surface area contributed by atoms with Crippen LogP contribution in [0.1, 0.15) is 11.6 Å². The van der Waals surface area contributed by atoms with Gasteiger partial charge in [0.15, 0.2) is 11.7 Å². The highest BCUT2D eigenvalue weighted by molar-refractivity contribution is 7.99. The van der Waals surface area contributed by atoms with Crippen LogP contribution in [0.5, 0.6) is 0 Å². The molecule has 32 heavy (non-hydrogen) atoms. The summed E-state index contributed by atoms with van der Waals surface area (Å²) in [6.07, 6.45) is 1.80. The van der Waals surface area contributed by atoms with Crippen molar-refractivity contribution in [2.45, 2.75) is 17.7 Å². The van der Waals surface area contributed by atoms with Gasteiger partial charge in [-0.3, -0.25) is 4.79 Å². The van der Waals surface area contributed by atoms with E-state index in [0.29, 0.717) is 28.4 Å². The number of amides is 1. The van der Waals surface area contributed by atoms with E-state index < -0.39 is 12.0 Å². The van der Waals surface area contributed by atoms with Crippen molar-refractivity contribution >= 4 is 45.7 Å². The van der Waals surface area contributed by atoms with Gasteiger partial charge in [0.25, 0.3) is 0 Å². The molecule has 0 saturated heterocycles. The third-order valence-electron chi connectivity index (χ3n) is 4.87. The Kier molecular flexibility index (Phi) is 6.46. The van der Waals surface area contributed by atoms with E-state index in [4.69, 9.17) is 4.74 Å². The van der Waals surface area contributed by atoms with E-state index in [1.807, 2.05) is 34.9 Å². The molecule has 1 amide bonds. The van der Waals surface area contributed by atoms with Crippen LogP contribution < -0.4 is 5.32 Å². The number of benzene rings is 2. The van der Waals surface area contributed by atoms with E-state index in [1.165, 1.54) is 7.11 Å². The zero-order valence-electron chi connectivity index (χ0n) is 17.4. The number of fused-ring (bicyclic) bond motifs is 3. The van der Waals surface area contributed by atoms with Gasteiger partial charge in [-0.1, -0.05) is 66.4 Å². The Labute approximate surface area is 188 Å². The lowest BCUT2D eigenvalue weighted by Gasteiger charge is -2.16. The van der Waals surface area contributed by atoms with E-state index in [1.54, 1.807) is 30.3 Å². The Morgan fingerprint density at radius 3 is 2.66 bits per heavy atom. The monoisotopic (exact) mass is 447 g/mol. The molecular weight excluding hydrogens is 426 g/mol. The zero-order chi connectivity index (χ0) is 22.5. The summed E-state index contributed by atoms with van der Waals surface area (Å²) in [4.78, 5) is 29.3. The molecule has 0 bridgehead atoms. The summed E-state index contributed by atoms with van der Waals surface area (Å²) in [5, 5.41) is 12.6. The van der Waals surface area contributed by atoms with Crippen LogP contribution in [-0.4, -0.2) is 44.5 Å². The highest BCUT2D eigenvalue weighted by Crippen LogP contribution is 2.27. The highest BCUT2D eigenvalue weighted by Gasteiger charge is 2.23. The summed E-state index contributed by atoms with van der Waals surface area (Å²) in [6.45, 7) is 4.40. The SMILES string of the molecule is C=CCn1c2ccccc2c2nnc(SCC(=O)N[C@H](C(=O)OC)c3ccccc3)nc21. The van der Waals surface area contributed by atoms with Gasteiger partial charge in [0.2, 0.25) is 11.1 Å². The van der Waals surface area contributed by atoms with Crippen molar-refractivity contribution in [3.8, 4) is 0 Å². The number of esters is 1. The average molecular weight is 448 g/mol. The van der Waals surface area contributed by atoms with Crippen LogP contribution in [0.4, 0.5) is 0 Å². The van der Waals surface area contributed by atoms with Crippen molar-refractivity contribution in [1.82, 2.24) is 25.1 Å². The van der Waals surface area contributed by atoms with Gasteiger partial charge < -0.3 is 14.6 Å². The number of carbonyl (C=O) groups is 2. The number of hydrogen-bond acceptors (Lipinski definition) is 7. The predicted molar refractivity (Wildman–Crippen MR) is 123 cm³/mol.